The highest BCUT2D eigenvalue weighted by Gasteiger charge is 2.43. The molecule has 3 rings (SSSR count). The molecule has 0 bridgehead atoms. The lowest BCUT2D eigenvalue weighted by Gasteiger charge is -2.33. The summed E-state index contributed by atoms with van der Waals surface area (Å²) in [6, 6.07) is 0.0206. The standard InChI is InChI=1S/C23H33FN4O8S/c1-6-13(7-2)10-26(22(33)36-23(3,4)5)11-14-8-15-16(28(14)21(31)32)9-17(29)20(19(15)24)27-12-18(30)25-37(27,34)35/h9,13-14,29H,6-8,10-12H2,1-5H3,(H,25,30)(H,31,32)/t14-/m1/s1. The first kappa shape index (κ1) is 28.3. The van der Waals surface area contributed by atoms with Crippen LogP contribution in [0.5, 0.6) is 5.75 Å². The number of benzene rings is 1. The van der Waals surface area contributed by atoms with E-state index in [9.17, 15) is 33.0 Å². The molecule has 2 heterocycles. The van der Waals surface area contributed by atoms with E-state index in [4.69, 9.17) is 4.74 Å². The number of phenols is 1. The number of hydrogen-bond acceptors (Lipinski definition) is 7. The third kappa shape index (κ3) is 5.84. The Balaban J connectivity index is 2.00. The smallest absolute Gasteiger partial charge is 0.412 e. The number of halogens is 1. The number of ether oxygens (including phenoxy) is 1. The fourth-order valence-electron chi connectivity index (χ4n) is 4.54. The number of rotatable bonds is 7. The molecule has 1 aromatic carbocycles. The fraction of sp³-hybridized carbons (Fsp3) is 0.609. The summed E-state index contributed by atoms with van der Waals surface area (Å²) in [5.74, 6) is -2.79. The molecule has 0 unspecified atom stereocenters. The molecule has 12 nitrogen and oxygen atoms in total. The van der Waals surface area contributed by atoms with E-state index in [1.165, 1.54) is 4.90 Å². The average Bonchev–Trinajstić information content (AvgIpc) is 3.25. The predicted octanol–water partition coefficient (Wildman–Crippen LogP) is 2.79. The highest BCUT2D eigenvalue weighted by molar-refractivity contribution is 7.92. The van der Waals surface area contributed by atoms with Crippen molar-refractivity contribution in [3.63, 3.8) is 0 Å². The summed E-state index contributed by atoms with van der Waals surface area (Å²) >= 11 is 0. The average molecular weight is 545 g/mol. The molecule has 37 heavy (non-hydrogen) atoms. The van der Waals surface area contributed by atoms with Crippen molar-refractivity contribution >= 4 is 39.7 Å². The van der Waals surface area contributed by atoms with Crippen LogP contribution in [0, 0.1) is 11.7 Å². The number of carbonyl (C=O) groups excluding carboxylic acids is 2. The fourth-order valence-corrected chi connectivity index (χ4v) is 5.70. The summed E-state index contributed by atoms with van der Waals surface area (Å²) in [7, 11) is -4.43. The maximum atomic E-state index is 15.7. The number of anilines is 2. The lowest BCUT2D eigenvalue weighted by atomic mass is 10.0. The molecule has 1 atom stereocenters. The Bertz CT molecular complexity index is 1200. The number of hydrogen-bond donors (Lipinski definition) is 3. The minimum absolute atomic E-state index is 0.118. The minimum atomic E-state index is -4.43. The summed E-state index contributed by atoms with van der Waals surface area (Å²) in [6.07, 6.45) is -0.735. The first-order valence-corrected chi connectivity index (χ1v) is 13.4. The van der Waals surface area contributed by atoms with E-state index in [0.29, 0.717) is 10.8 Å². The van der Waals surface area contributed by atoms with Crippen molar-refractivity contribution in [2.24, 2.45) is 5.92 Å². The number of carboxylic acid groups (broad SMARTS) is 1. The van der Waals surface area contributed by atoms with Crippen LogP contribution in [0.4, 0.5) is 25.4 Å². The van der Waals surface area contributed by atoms with Gasteiger partial charge in [-0.05, 0) is 26.7 Å². The van der Waals surface area contributed by atoms with Gasteiger partial charge >= 0.3 is 22.4 Å². The summed E-state index contributed by atoms with van der Waals surface area (Å²) < 4.78 is 47.8. The number of phenolic OH excluding ortho intramolecular Hbond substituents is 1. The van der Waals surface area contributed by atoms with Crippen molar-refractivity contribution in [3.8, 4) is 5.75 Å². The third-order valence-electron chi connectivity index (χ3n) is 6.35. The lowest BCUT2D eigenvalue weighted by molar-refractivity contribution is -0.117. The van der Waals surface area contributed by atoms with Crippen LogP contribution in [0.3, 0.4) is 0 Å². The van der Waals surface area contributed by atoms with Gasteiger partial charge in [0, 0.05) is 31.1 Å². The second kappa shape index (κ2) is 10.2. The Morgan fingerprint density at radius 3 is 2.41 bits per heavy atom. The van der Waals surface area contributed by atoms with Gasteiger partial charge in [-0.1, -0.05) is 26.7 Å². The van der Waals surface area contributed by atoms with Gasteiger partial charge in [0.25, 0.3) is 5.91 Å². The van der Waals surface area contributed by atoms with Crippen LogP contribution in [0.25, 0.3) is 0 Å². The van der Waals surface area contributed by atoms with Crippen molar-refractivity contribution in [1.82, 2.24) is 9.62 Å². The van der Waals surface area contributed by atoms with Crippen LogP contribution in [0.1, 0.15) is 53.0 Å². The molecule has 206 valence electrons. The van der Waals surface area contributed by atoms with Crippen LogP contribution in [0.15, 0.2) is 6.07 Å². The van der Waals surface area contributed by atoms with E-state index in [1.54, 1.807) is 25.5 Å². The summed E-state index contributed by atoms with van der Waals surface area (Å²) in [5.41, 5.74) is -1.86. The number of fused-ring (bicyclic) bond motifs is 1. The minimum Gasteiger partial charge on any atom is -0.506 e. The van der Waals surface area contributed by atoms with E-state index in [1.807, 2.05) is 13.8 Å². The molecule has 1 saturated heterocycles. The predicted molar refractivity (Wildman–Crippen MR) is 132 cm³/mol. The van der Waals surface area contributed by atoms with Crippen molar-refractivity contribution in [1.29, 1.82) is 0 Å². The molecule has 1 aromatic rings. The molecule has 0 aromatic heterocycles. The maximum Gasteiger partial charge on any atom is 0.412 e. The first-order chi connectivity index (χ1) is 17.1. The molecule has 14 heteroatoms. The van der Waals surface area contributed by atoms with E-state index in [2.05, 4.69) is 0 Å². The van der Waals surface area contributed by atoms with Crippen molar-refractivity contribution < 1.29 is 42.1 Å². The molecule has 1 fully saturated rings. The van der Waals surface area contributed by atoms with E-state index >= 15 is 4.39 Å². The molecule has 3 amide bonds. The van der Waals surface area contributed by atoms with Gasteiger partial charge in [-0.3, -0.25) is 9.69 Å². The number of nitrogens with one attached hydrogen (secondary N) is 1. The number of aromatic hydroxyl groups is 1. The zero-order valence-electron chi connectivity index (χ0n) is 21.4. The van der Waals surface area contributed by atoms with Crippen molar-refractivity contribution in [2.75, 3.05) is 28.8 Å². The second-order valence-electron chi connectivity index (χ2n) is 10.2. The SMILES string of the molecule is CCC(CC)CN(C[C@H]1Cc2c(cc(O)c(N3CC(=O)NS3(=O)=O)c2F)N1C(=O)O)C(=O)OC(C)(C)C. The van der Waals surface area contributed by atoms with Crippen LogP contribution >= 0.6 is 0 Å². The van der Waals surface area contributed by atoms with Gasteiger partial charge in [-0.25, -0.2) is 23.0 Å². The van der Waals surface area contributed by atoms with Gasteiger partial charge in [-0.2, -0.15) is 8.42 Å². The highest BCUT2D eigenvalue weighted by atomic mass is 32.2. The van der Waals surface area contributed by atoms with Crippen molar-refractivity contribution in [2.45, 2.75) is 65.5 Å². The second-order valence-corrected chi connectivity index (χ2v) is 11.8. The monoisotopic (exact) mass is 544 g/mol. The molecule has 3 N–H and O–H groups in total. The molecule has 0 radical (unpaired) electrons. The Hall–Kier alpha value is -3.29. The normalized spacial score (nSPS) is 18.7. The van der Waals surface area contributed by atoms with Gasteiger partial charge < -0.3 is 19.8 Å². The third-order valence-corrected chi connectivity index (χ3v) is 7.73. The molecule has 2 aliphatic heterocycles. The summed E-state index contributed by atoms with van der Waals surface area (Å²) in [5, 5.41) is 20.5. The van der Waals surface area contributed by atoms with Crippen LogP contribution in [-0.2, 0) is 26.2 Å². The first-order valence-electron chi connectivity index (χ1n) is 12.0. The topological polar surface area (TPSA) is 157 Å². The Morgan fingerprint density at radius 2 is 1.92 bits per heavy atom. The quantitative estimate of drug-likeness (QED) is 0.473. The summed E-state index contributed by atoms with van der Waals surface area (Å²) in [6.45, 7) is 8.51. The molecule has 0 spiro atoms. The Labute approximate surface area is 215 Å². The van der Waals surface area contributed by atoms with Gasteiger partial charge in [0.2, 0.25) is 0 Å². The van der Waals surface area contributed by atoms with Gasteiger partial charge in [-0.15, -0.1) is 0 Å². The molecule has 2 aliphatic rings. The van der Waals surface area contributed by atoms with E-state index in [0.717, 1.165) is 23.8 Å². The number of nitrogens with zero attached hydrogens (tertiary/aromatic N) is 3. The molecule has 0 aliphatic carbocycles. The van der Waals surface area contributed by atoms with Crippen molar-refractivity contribution in [3.05, 3.63) is 17.4 Å². The maximum absolute atomic E-state index is 15.7. The zero-order valence-corrected chi connectivity index (χ0v) is 22.3. The highest BCUT2D eigenvalue weighted by Crippen LogP contribution is 2.44. The van der Waals surface area contributed by atoms with Gasteiger partial charge in [0.05, 0.1) is 11.7 Å². The van der Waals surface area contributed by atoms with Gasteiger partial charge in [0.15, 0.2) is 5.82 Å². The molecule has 0 saturated carbocycles. The largest absolute Gasteiger partial charge is 0.506 e. The number of amides is 3. The molecular formula is C23H33FN4O8S. The van der Waals surface area contributed by atoms with Gasteiger partial charge in [0.1, 0.15) is 23.6 Å². The molecular weight excluding hydrogens is 511 g/mol. The van der Waals surface area contributed by atoms with Crippen LogP contribution < -0.4 is 13.9 Å². The Morgan fingerprint density at radius 1 is 1.30 bits per heavy atom. The number of carbonyl (C=O) groups is 3. The zero-order chi connectivity index (χ0) is 27.9. The van der Waals surface area contributed by atoms with Crippen LogP contribution in [0.2, 0.25) is 0 Å². The van der Waals surface area contributed by atoms with E-state index in [-0.39, 0.29) is 30.1 Å². The summed E-state index contributed by atoms with van der Waals surface area (Å²) in [4.78, 5) is 39.2. The Kier molecular flexibility index (Phi) is 7.82. The van der Waals surface area contributed by atoms with E-state index < -0.39 is 63.7 Å². The lowest BCUT2D eigenvalue weighted by Crippen LogP contribution is -2.49. The van der Waals surface area contributed by atoms with Crippen LogP contribution in [-0.4, -0.2) is 72.9 Å².